The highest BCUT2D eigenvalue weighted by Gasteiger charge is 2.22. The van der Waals surface area contributed by atoms with E-state index >= 15 is 0 Å². The van der Waals surface area contributed by atoms with E-state index in [2.05, 4.69) is 74.6 Å². The van der Waals surface area contributed by atoms with Gasteiger partial charge in [0.25, 0.3) is 7.82 Å². The van der Waals surface area contributed by atoms with E-state index in [1.807, 2.05) is 21.1 Å². The first kappa shape index (κ1) is 73.7. The van der Waals surface area contributed by atoms with Crippen LogP contribution in [0.3, 0.4) is 0 Å². The number of phosphoric acid groups is 1. The van der Waals surface area contributed by atoms with E-state index in [-0.39, 0.29) is 26.1 Å². The standard InChI is InChI=1S/C66H122NO8P/c1-6-8-10-12-14-16-18-20-22-23-24-25-26-27-28-29-30-31-32-33-34-35-36-37-38-39-40-41-42-43-45-46-48-50-52-54-56-58-65(68)72-62-64(63-74-76(70,71)73-61-60-67(3,4)5)75-66(69)59-57-55-53-51-49-47-44-21-19-17-15-13-11-9-7-2/h9,11,15,17,21,23-24,44,49,51,64H,6-8,10,12-14,16,18-20,22,25-43,45-48,50,52-63H2,1-5H3/b11-9-,17-15-,24-23-,44-21-,51-49-. The van der Waals surface area contributed by atoms with E-state index < -0.39 is 32.5 Å². The van der Waals surface area contributed by atoms with Crippen LogP contribution < -0.4 is 4.89 Å². The number of allylic oxidation sites excluding steroid dienone is 10. The molecule has 76 heavy (non-hydrogen) atoms. The van der Waals surface area contributed by atoms with Gasteiger partial charge in [-0.25, -0.2) is 0 Å². The highest BCUT2D eigenvalue weighted by molar-refractivity contribution is 7.45. The Balaban J connectivity index is 3.92. The quantitative estimate of drug-likeness (QED) is 0.0195. The Kier molecular flexibility index (Phi) is 55.7. The van der Waals surface area contributed by atoms with E-state index in [0.29, 0.717) is 17.4 Å². The number of nitrogens with zero attached hydrogens (tertiary/aromatic N) is 1. The van der Waals surface area contributed by atoms with Gasteiger partial charge in [0.1, 0.15) is 19.8 Å². The van der Waals surface area contributed by atoms with Gasteiger partial charge in [0.05, 0.1) is 27.7 Å². The first-order chi connectivity index (χ1) is 37.0. The fourth-order valence-electron chi connectivity index (χ4n) is 9.12. The van der Waals surface area contributed by atoms with Crippen molar-refractivity contribution < 1.29 is 42.1 Å². The van der Waals surface area contributed by atoms with Crippen LogP contribution in [0.15, 0.2) is 60.8 Å². The summed E-state index contributed by atoms with van der Waals surface area (Å²) < 4.78 is 34.1. The number of quaternary nitrogens is 1. The molecule has 2 unspecified atom stereocenters. The van der Waals surface area contributed by atoms with Crippen LogP contribution in [-0.4, -0.2) is 70.0 Å². The molecule has 0 fully saturated rings. The minimum Gasteiger partial charge on any atom is -0.756 e. The molecule has 0 aliphatic rings. The van der Waals surface area contributed by atoms with Crippen LogP contribution in [0.1, 0.15) is 296 Å². The lowest BCUT2D eigenvalue weighted by atomic mass is 10.0. The predicted octanol–water partition coefficient (Wildman–Crippen LogP) is 19.6. The molecule has 0 aromatic carbocycles. The number of hydrogen-bond acceptors (Lipinski definition) is 8. The molecule has 0 amide bonds. The van der Waals surface area contributed by atoms with Gasteiger partial charge in [-0.1, -0.05) is 267 Å². The lowest BCUT2D eigenvalue weighted by Crippen LogP contribution is -2.37. The first-order valence-corrected chi connectivity index (χ1v) is 33.5. The fourth-order valence-corrected chi connectivity index (χ4v) is 9.84. The van der Waals surface area contributed by atoms with Gasteiger partial charge in [-0.05, 0) is 77.0 Å². The van der Waals surface area contributed by atoms with Gasteiger partial charge >= 0.3 is 11.9 Å². The summed E-state index contributed by atoms with van der Waals surface area (Å²) in [6, 6.07) is 0. The van der Waals surface area contributed by atoms with Crippen LogP contribution in [0.4, 0.5) is 0 Å². The van der Waals surface area contributed by atoms with Gasteiger partial charge < -0.3 is 27.9 Å². The van der Waals surface area contributed by atoms with E-state index in [9.17, 15) is 19.0 Å². The summed E-state index contributed by atoms with van der Waals surface area (Å²) in [6.45, 7) is 4.10. The Hall–Kier alpha value is -2.29. The molecule has 0 aliphatic carbocycles. The number of carbonyl (C=O) groups excluding carboxylic acids is 2. The molecule has 0 rings (SSSR count). The van der Waals surface area contributed by atoms with Gasteiger partial charge in [-0.3, -0.25) is 14.2 Å². The molecule has 10 heteroatoms. The molecule has 0 saturated carbocycles. The summed E-state index contributed by atoms with van der Waals surface area (Å²) in [5.41, 5.74) is 0. The van der Waals surface area contributed by atoms with E-state index in [4.69, 9.17) is 18.5 Å². The smallest absolute Gasteiger partial charge is 0.306 e. The average molecular weight is 1090 g/mol. The maximum atomic E-state index is 12.7. The molecule has 0 saturated heterocycles. The summed E-state index contributed by atoms with van der Waals surface area (Å²) in [5, 5.41) is 0. The second kappa shape index (κ2) is 57.4. The molecule has 0 aromatic rings. The number of likely N-dealkylation sites (N-methyl/N-ethyl adjacent to an activating group) is 1. The van der Waals surface area contributed by atoms with Crippen LogP contribution >= 0.6 is 7.82 Å². The van der Waals surface area contributed by atoms with Crippen molar-refractivity contribution in [2.24, 2.45) is 0 Å². The number of hydrogen-bond donors (Lipinski definition) is 0. The molecule has 0 aliphatic heterocycles. The van der Waals surface area contributed by atoms with Gasteiger partial charge in [0, 0.05) is 12.8 Å². The molecular weight excluding hydrogens is 966 g/mol. The largest absolute Gasteiger partial charge is 0.756 e. The fraction of sp³-hybridized carbons (Fsp3) is 0.818. The summed E-state index contributed by atoms with van der Waals surface area (Å²) >= 11 is 0. The molecule has 0 spiro atoms. The Morgan fingerprint density at radius 3 is 1.16 bits per heavy atom. The van der Waals surface area contributed by atoms with Crippen molar-refractivity contribution in [2.75, 3.05) is 47.5 Å². The predicted molar refractivity (Wildman–Crippen MR) is 323 cm³/mol. The SMILES string of the molecule is CC/C=C\C/C=C\C/C=C\C/C=C\CCCCC(=O)OC(COC(=O)CCCCCCCCCCCCCCCCCCCCCCCCCCC/C=C\CCCCCCCCCC)COP(=O)([O-])OCC[N+](C)(C)C. The third-order valence-corrected chi connectivity index (χ3v) is 15.0. The summed E-state index contributed by atoms with van der Waals surface area (Å²) in [4.78, 5) is 37.8. The molecule has 9 nitrogen and oxygen atoms in total. The zero-order valence-corrected chi connectivity index (χ0v) is 51.3. The Labute approximate surface area is 470 Å². The second-order valence-corrected chi connectivity index (χ2v) is 24.2. The summed E-state index contributed by atoms with van der Waals surface area (Å²) in [7, 11) is 1.14. The van der Waals surface area contributed by atoms with Gasteiger partial charge in [-0.2, -0.15) is 0 Å². The van der Waals surface area contributed by atoms with Gasteiger partial charge in [0.15, 0.2) is 6.10 Å². The molecule has 0 heterocycles. The van der Waals surface area contributed by atoms with E-state index in [0.717, 1.165) is 57.8 Å². The van der Waals surface area contributed by atoms with Gasteiger partial charge in [0.2, 0.25) is 0 Å². The third kappa shape index (κ3) is 60.9. The highest BCUT2D eigenvalue weighted by atomic mass is 31.2. The lowest BCUT2D eigenvalue weighted by molar-refractivity contribution is -0.870. The number of phosphoric ester groups is 1. The van der Waals surface area contributed by atoms with Crippen molar-refractivity contribution in [3.8, 4) is 0 Å². The van der Waals surface area contributed by atoms with E-state index in [1.54, 1.807) is 0 Å². The maximum Gasteiger partial charge on any atom is 0.306 e. The highest BCUT2D eigenvalue weighted by Crippen LogP contribution is 2.38. The lowest BCUT2D eigenvalue weighted by Gasteiger charge is -2.28. The summed E-state index contributed by atoms with van der Waals surface area (Å²) in [5.74, 6) is -0.874. The maximum absolute atomic E-state index is 12.7. The second-order valence-electron chi connectivity index (χ2n) is 22.7. The monoisotopic (exact) mass is 1090 g/mol. The van der Waals surface area contributed by atoms with Crippen molar-refractivity contribution in [3.63, 3.8) is 0 Å². The minimum atomic E-state index is -4.65. The molecule has 0 N–H and O–H groups in total. The number of rotatable bonds is 59. The molecule has 0 aromatic heterocycles. The normalized spacial score (nSPS) is 13.6. The van der Waals surface area contributed by atoms with Crippen LogP contribution in [0, 0.1) is 0 Å². The van der Waals surface area contributed by atoms with Crippen molar-refractivity contribution >= 4 is 19.8 Å². The topological polar surface area (TPSA) is 111 Å². The van der Waals surface area contributed by atoms with Crippen LogP contribution in [-0.2, 0) is 32.7 Å². The molecule has 0 radical (unpaired) electrons. The average Bonchev–Trinajstić information content (AvgIpc) is 3.38. The number of unbranched alkanes of at least 4 members (excludes halogenated alkanes) is 35. The first-order valence-electron chi connectivity index (χ1n) is 32.0. The third-order valence-electron chi connectivity index (χ3n) is 14.0. The van der Waals surface area contributed by atoms with Crippen molar-refractivity contribution in [1.82, 2.24) is 0 Å². The number of esters is 2. The minimum absolute atomic E-state index is 0.0396. The molecular formula is C66H122NO8P. The van der Waals surface area contributed by atoms with Crippen LogP contribution in [0.25, 0.3) is 0 Å². The molecule has 444 valence electrons. The van der Waals surface area contributed by atoms with Crippen LogP contribution in [0.5, 0.6) is 0 Å². The summed E-state index contributed by atoms with van der Waals surface area (Å²) in [6.07, 6.45) is 74.7. The Bertz CT molecular complexity index is 1470. The molecule has 2 atom stereocenters. The Morgan fingerprint density at radius 1 is 0.421 bits per heavy atom. The van der Waals surface area contributed by atoms with Crippen molar-refractivity contribution in [3.05, 3.63) is 60.8 Å². The zero-order chi connectivity index (χ0) is 55.6. The molecule has 0 bridgehead atoms. The zero-order valence-electron chi connectivity index (χ0n) is 50.5. The Morgan fingerprint density at radius 2 is 0.750 bits per heavy atom. The van der Waals surface area contributed by atoms with Crippen molar-refractivity contribution in [2.45, 2.75) is 302 Å². The van der Waals surface area contributed by atoms with Crippen LogP contribution in [0.2, 0.25) is 0 Å². The van der Waals surface area contributed by atoms with E-state index in [1.165, 1.54) is 205 Å². The van der Waals surface area contributed by atoms with Gasteiger partial charge in [-0.15, -0.1) is 0 Å². The number of ether oxygens (including phenoxy) is 2. The number of carbonyl (C=O) groups is 2. The van der Waals surface area contributed by atoms with Crippen molar-refractivity contribution in [1.29, 1.82) is 0 Å².